The number of fused-ring (bicyclic) bond motifs is 3. The number of hydrogen-bond donors (Lipinski definition) is 3. The molecule has 3 heteroatoms. The van der Waals surface area contributed by atoms with Crippen LogP contribution in [0.25, 0.3) is 0 Å². The molecule has 0 saturated heterocycles. The monoisotopic (exact) mass is 393 g/mol. The maximum absolute atomic E-state index is 11.7. The van der Waals surface area contributed by atoms with Crippen molar-refractivity contribution in [3.8, 4) is 0 Å². The predicted molar refractivity (Wildman–Crippen MR) is 117 cm³/mol. The second-order valence-electron chi connectivity index (χ2n) is 11.1. The van der Waals surface area contributed by atoms with E-state index in [4.69, 9.17) is 5.73 Å². The van der Waals surface area contributed by atoms with Crippen molar-refractivity contribution in [2.75, 3.05) is 6.54 Å². The van der Waals surface area contributed by atoms with E-state index in [0.29, 0.717) is 40.9 Å². The number of nitrogens with two attached hydrogens (primary N) is 1. The fourth-order valence-corrected chi connectivity index (χ4v) is 7.97. The third-order valence-electron chi connectivity index (χ3n) is 9.73. The number of aliphatic hydroxyl groups is 2. The zero-order chi connectivity index (χ0) is 20.5. The molecule has 0 aromatic carbocycles. The Labute approximate surface area is 173 Å². The smallest absolute Gasteiger partial charge is 0.0602 e. The van der Waals surface area contributed by atoms with Crippen molar-refractivity contribution in [1.82, 2.24) is 0 Å². The molecule has 3 aliphatic rings. The molecule has 0 amide bonds. The van der Waals surface area contributed by atoms with E-state index >= 15 is 0 Å². The molecule has 3 rings (SSSR count). The standard InChI is InChI=1S/C25H47NO2/c1-5-18-7-9-19(27)8-6-16(2)20-12-14-25(4)21(17(3)13-15-26)10-11-22(25)23(20)24(18)28/h16-24,27-28H,5-15,26H2,1-4H3/t16?,17-,18-,19-,20-,21?,22+,23-,24-,25?/m1/s1. The summed E-state index contributed by atoms with van der Waals surface area (Å²) in [7, 11) is 0. The lowest BCUT2D eigenvalue weighted by molar-refractivity contribution is -0.100. The van der Waals surface area contributed by atoms with Gasteiger partial charge in [0.1, 0.15) is 0 Å². The molecule has 3 aliphatic carbocycles. The van der Waals surface area contributed by atoms with Gasteiger partial charge in [-0.05, 0) is 111 Å². The maximum Gasteiger partial charge on any atom is 0.0602 e. The van der Waals surface area contributed by atoms with Gasteiger partial charge in [-0.25, -0.2) is 0 Å². The molecule has 28 heavy (non-hydrogen) atoms. The minimum absolute atomic E-state index is 0.179. The van der Waals surface area contributed by atoms with E-state index in [2.05, 4.69) is 27.7 Å². The average molecular weight is 394 g/mol. The minimum Gasteiger partial charge on any atom is -0.393 e. The van der Waals surface area contributed by atoms with Gasteiger partial charge < -0.3 is 15.9 Å². The quantitative estimate of drug-likeness (QED) is 0.630. The Hall–Kier alpha value is -0.120. The Balaban J connectivity index is 1.89. The van der Waals surface area contributed by atoms with Crippen molar-refractivity contribution in [3.63, 3.8) is 0 Å². The SMILES string of the molecule is CC[C@@H]1CC[C@H](O)CCC(C)[C@H]2CCC3(C)C([C@H](C)CCN)CC[C@H]3[C@@H]2[C@@H]1O. The molecule has 3 saturated carbocycles. The number of hydrogen-bond acceptors (Lipinski definition) is 3. The molecule has 0 aromatic heterocycles. The molecule has 0 bridgehead atoms. The summed E-state index contributed by atoms with van der Waals surface area (Å²) in [5.41, 5.74) is 6.29. The van der Waals surface area contributed by atoms with E-state index in [1.807, 2.05) is 0 Å². The molecule has 4 N–H and O–H groups in total. The Kier molecular flexibility index (Phi) is 7.53. The van der Waals surface area contributed by atoms with Crippen LogP contribution in [0, 0.1) is 46.8 Å². The van der Waals surface area contributed by atoms with E-state index in [1.54, 1.807) is 0 Å². The van der Waals surface area contributed by atoms with Gasteiger partial charge in [0.15, 0.2) is 0 Å². The van der Waals surface area contributed by atoms with Gasteiger partial charge in [0.05, 0.1) is 12.2 Å². The summed E-state index contributed by atoms with van der Waals surface area (Å²) >= 11 is 0. The van der Waals surface area contributed by atoms with E-state index in [0.717, 1.165) is 51.0 Å². The van der Waals surface area contributed by atoms with Crippen LogP contribution in [-0.4, -0.2) is 29.0 Å². The zero-order valence-corrected chi connectivity index (χ0v) is 18.9. The highest BCUT2D eigenvalue weighted by molar-refractivity contribution is 5.06. The fraction of sp³-hybridized carbons (Fsp3) is 1.00. The summed E-state index contributed by atoms with van der Waals surface area (Å²) in [4.78, 5) is 0. The fourth-order valence-electron chi connectivity index (χ4n) is 7.97. The topological polar surface area (TPSA) is 66.5 Å². The molecule has 164 valence electrons. The van der Waals surface area contributed by atoms with Crippen molar-refractivity contribution >= 4 is 0 Å². The van der Waals surface area contributed by atoms with Crippen molar-refractivity contribution in [3.05, 3.63) is 0 Å². The van der Waals surface area contributed by atoms with Crippen molar-refractivity contribution < 1.29 is 10.2 Å². The van der Waals surface area contributed by atoms with Gasteiger partial charge >= 0.3 is 0 Å². The van der Waals surface area contributed by atoms with Crippen LogP contribution >= 0.6 is 0 Å². The third kappa shape index (κ3) is 4.18. The molecule has 0 radical (unpaired) electrons. The molecular formula is C25H47NO2. The highest BCUT2D eigenvalue weighted by atomic mass is 16.3. The molecule has 0 spiro atoms. The van der Waals surface area contributed by atoms with Crippen LogP contribution in [0.15, 0.2) is 0 Å². The number of aliphatic hydroxyl groups excluding tert-OH is 2. The van der Waals surface area contributed by atoms with Crippen molar-refractivity contribution in [2.45, 2.75) is 104 Å². The largest absolute Gasteiger partial charge is 0.393 e. The first-order valence-corrected chi connectivity index (χ1v) is 12.4. The molecule has 0 heterocycles. The van der Waals surface area contributed by atoms with Crippen LogP contribution in [0.2, 0.25) is 0 Å². The molecule has 3 fully saturated rings. The lowest BCUT2D eigenvalue weighted by Gasteiger charge is -2.54. The first-order valence-electron chi connectivity index (χ1n) is 12.4. The molecule has 0 aliphatic heterocycles. The predicted octanol–water partition coefficient (Wildman–Crippen LogP) is 4.99. The first-order chi connectivity index (χ1) is 13.3. The van der Waals surface area contributed by atoms with Gasteiger partial charge in [-0.1, -0.05) is 34.1 Å². The van der Waals surface area contributed by atoms with Crippen LogP contribution in [0.5, 0.6) is 0 Å². The Bertz CT molecular complexity index is 497. The third-order valence-corrected chi connectivity index (χ3v) is 9.73. The van der Waals surface area contributed by atoms with Gasteiger partial charge in [0.25, 0.3) is 0 Å². The second-order valence-corrected chi connectivity index (χ2v) is 11.1. The summed E-state index contributed by atoms with van der Waals surface area (Å²) < 4.78 is 0. The Morgan fingerprint density at radius 2 is 1.75 bits per heavy atom. The van der Waals surface area contributed by atoms with Gasteiger partial charge in [0, 0.05) is 0 Å². The van der Waals surface area contributed by atoms with E-state index in [-0.39, 0.29) is 12.2 Å². The molecule has 3 nitrogen and oxygen atoms in total. The Morgan fingerprint density at radius 1 is 1.04 bits per heavy atom. The maximum atomic E-state index is 11.7. The summed E-state index contributed by atoms with van der Waals surface area (Å²) in [6.45, 7) is 10.4. The average Bonchev–Trinajstić information content (AvgIpc) is 3.02. The second kappa shape index (κ2) is 9.35. The summed E-state index contributed by atoms with van der Waals surface area (Å²) in [5, 5.41) is 22.1. The van der Waals surface area contributed by atoms with Crippen molar-refractivity contribution in [2.24, 2.45) is 52.6 Å². The summed E-state index contributed by atoms with van der Waals surface area (Å²) in [5.74, 6) is 4.14. The van der Waals surface area contributed by atoms with Gasteiger partial charge in [-0.15, -0.1) is 0 Å². The zero-order valence-electron chi connectivity index (χ0n) is 18.9. The lowest BCUT2D eigenvalue weighted by Crippen LogP contribution is -2.50. The highest BCUT2D eigenvalue weighted by Gasteiger charge is 2.57. The molecule has 3 unspecified atom stereocenters. The molecule has 10 atom stereocenters. The van der Waals surface area contributed by atoms with Crippen LogP contribution in [0.3, 0.4) is 0 Å². The van der Waals surface area contributed by atoms with Crippen LogP contribution in [0.4, 0.5) is 0 Å². The van der Waals surface area contributed by atoms with E-state index in [1.165, 1.54) is 25.7 Å². The minimum atomic E-state index is -0.198. The molecular weight excluding hydrogens is 346 g/mol. The Morgan fingerprint density at radius 3 is 2.43 bits per heavy atom. The van der Waals surface area contributed by atoms with E-state index in [9.17, 15) is 10.2 Å². The number of rotatable bonds is 4. The van der Waals surface area contributed by atoms with Gasteiger partial charge in [-0.3, -0.25) is 0 Å². The van der Waals surface area contributed by atoms with Crippen LogP contribution < -0.4 is 5.73 Å². The molecule has 0 aromatic rings. The highest BCUT2D eigenvalue weighted by Crippen LogP contribution is 2.63. The van der Waals surface area contributed by atoms with Gasteiger partial charge in [0.2, 0.25) is 0 Å². The van der Waals surface area contributed by atoms with E-state index < -0.39 is 0 Å². The summed E-state index contributed by atoms with van der Waals surface area (Å²) in [6, 6.07) is 0. The first kappa shape index (κ1) is 22.6. The lowest BCUT2D eigenvalue weighted by atomic mass is 9.52. The summed E-state index contributed by atoms with van der Waals surface area (Å²) in [6.07, 6.45) is 10.9. The van der Waals surface area contributed by atoms with Crippen LogP contribution in [-0.2, 0) is 0 Å². The van der Waals surface area contributed by atoms with Crippen LogP contribution in [0.1, 0.15) is 91.9 Å². The van der Waals surface area contributed by atoms with Gasteiger partial charge in [-0.2, -0.15) is 0 Å². The van der Waals surface area contributed by atoms with Crippen molar-refractivity contribution in [1.29, 1.82) is 0 Å². The normalized spacial score (nSPS) is 48.5.